The molecule has 1 unspecified atom stereocenters. The lowest BCUT2D eigenvalue weighted by Gasteiger charge is -2.17. The van der Waals surface area contributed by atoms with E-state index in [4.69, 9.17) is 14.5 Å². The molecule has 3 N–H and O–H groups in total. The molecule has 0 saturated carbocycles. The summed E-state index contributed by atoms with van der Waals surface area (Å²) in [6, 6.07) is 15.9. The minimum absolute atomic E-state index is 0.0893. The van der Waals surface area contributed by atoms with Gasteiger partial charge in [-0.15, -0.1) is 0 Å². The molecular weight excluding hydrogens is 329 g/mol. The minimum atomic E-state index is -4.38. The Balaban J connectivity index is 1.74. The van der Waals surface area contributed by atoms with Crippen molar-refractivity contribution in [3.05, 3.63) is 59.7 Å². The molecule has 3 rings (SSSR count). The maximum absolute atomic E-state index is 11.8. The lowest BCUT2D eigenvalue weighted by molar-refractivity contribution is 0.141. The van der Waals surface area contributed by atoms with Crippen molar-refractivity contribution in [1.82, 2.24) is 5.32 Å². The smallest absolute Gasteiger partial charge is 0.407 e. The third-order valence-corrected chi connectivity index (χ3v) is 5.31. The Morgan fingerprint density at radius 2 is 1.62 bits per heavy atom. The second-order valence-corrected chi connectivity index (χ2v) is 7.69. The van der Waals surface area contributed by atoms with Crippen LogP contribution in [0, 0.1) is 0 Å². The molecule has 0 bridgehead atoms. The van der Waals surface area contributed by atoms with Crippen LogP contribution in [0.15, 0.2) is 48.5 Å². The van der Waals surface area contributed by atoms with Crippen molar-refractivity contribution < 1.29 is 23.9 Å². The highest BCUT2D eigenvalue weighted by molar-refractivity contribution is 7.52. The lowest BCUT2D eigenvalue weighted by Crippen LogP contribution is -2.33. The Hall–Kier alpha value is -2.14. The van der Waals surface area contributed by atoms with Crippen LogP contribution in [0.25, 0.3) is 11.1 Å². The van der Waals surface area contributed by atoms with Crippen molar-refractivity contribution in [1.29, 1.82) is 0 Å². The Morgan fingerprint density at radius 1 is 1.12 bits per heavy atom. The fraction of sp³-hybridized carbons (Fsp3) is 0.235. The fourth-order valence-electron chi connectivity index (χ4n) is 2.89. The van der Waals surface area contributed by atoms with E-state index < -0.39 is 19.5 Å². The quantitative estimate of drug-likeness (QED) is 0.739. The molecule has 24 heavy (non-hydrogen) atoms. The summed E-state index contributed by atoms with van der Waals surface area (Å²) in [4.78, 5) is 29.8. The molecule has 0 radical (unpaired) electrons. The maximum atomic E-state index is 11.8. The summed E-state index contributed by atoms with van der Waals surface area (Å²) in [5, 5.41) is 2.17. The number of benzene rings is 2. The average Bonchev–Trinajstić information content (AvgIpc) is 2.86. The highest BCUT2D eigenvalue weighted by atomic mass is 31.2. The lowest BCUT2D eigenvalue weighted by atomic mass is 9.98. The minimum Gasteiger partial charge on any atom is -0.449 e. The van der Waals surface area contributed by atoms with Gasteiger partial charge in [0, 0.05) is 5.92 Å². The van der Waals surface area contributed by atoms with Gasteiger partial charge in [0.2, 0.25) is 0 Å². The molecule has 6 nitrogen and oxygen atoms in total. The summed E-state index contributed by atoms with van der Waals surface area (Å²) in [6.45, 7) is 1.34. The van der Waals surface area contributed by atoms with E-state index in [1.54, 1.807) is 0 Å². The molecule has 2 aromatic rings. The largest absolute Gasteiger partial charge is 0.449 e. The van der Waals surface area contributed by atoms with Crippen molar-refractivity contribution in [2.75, 3.05) is 6.61 Å². The van der Waals surface area contributed by atoms with Crippen LogP contribution >= 0.6 is 7.60 Å². The van der Waals surface area contributed by atoms with Gasteiger partial charge in [0.15, 0.2) is 0 Å². The number of fused-ring (bicyclic) bond motifs is 3. The summed E-state index contributed by atoms with van der Waals surface area (Å²) in [6.07, 6.45) is -0.840. The van der Waals surface area contributed by atoms with Gasteiger partial charge in [-0.1, -0.05) is 48.5 Å². The Bertz CT molecular complexity index is 771. The molecular formula is C17H18NO5P. The summed E-state index contributed by atoms with van der Waals surface area (Å²) in [7, 11) is -4.38. The number of carbonyl (C=O) groups excluding carboxylic acids is 1. The first-order valence-corrected chi connectivity index (χ1v) is 9.23. The normalized spacial score (nSPS) is 14.6. The molecule has 126 valence electrons. The summed E-state index contributed by atoms with van der Waals surface area (Å²) in [5.41, 5.74) is 4.39. The third-order valence-electron chi connectivity index (χ3n) is 4.17. The number of rotatable bonds is 4. The number of carbonyl (C=O) groups is 1. The zero-order valence-electron chi connectivity index (χ0n) is 13.0. The van der Waals surface area contributed by atoms with Crippen LogP contribution in [0.1, 0.15) is 24.0 Å². The summed E-state index contributed by atoms with van der Waals surface area (Å²) >= 11 is 0. The molecule has 0 aromatic heterocycles. The summed E-state index contributed by atoms with van der Waals surface area (Å²) < 4.78 is 16.3. The van der Waals surface area contributed by atoms with Gasteiger partial charge in [0.1, 0.15) is 12.4 Å². The number of amides is 1. The standard InChI is InChI=1S/C17H18NO5P/c1-11(24(20,21)22)18-17(19)23-10-16-14-8-4-2-6-12(14)13-7-3-5-9-15(13)16/h2-9,11,16H,10H2,1H3,(H,18,19)(H2,20,21,22). The molecule has 7 heteroatoms. The molecule has 0 spiro atoms. The van der Waals surface area contributed by atoms with Gasteiger partial charge in [-0.3, -0.25) is 4.57 Å². The molecule has 1 aliphatic rings. The van der Waals surface area contributed by atoms with Crippen molar-refractivity contribution >= 4 is 13.7 Å². The second kappa shape index (κ2) is 6.40. The number of alkyl carbamates (subject to hydrolysis) is 1. The molecule has 0 aliphatic heterocycles. The highest BCUT2D eigenvalue weighted by Crippen LogP contribution is 2.44. The molecule has 0 heterocycles. The maximum Gasteiger partial charge on any atom is 0.407 e. The molecule has 1 aliphatic carbocycles. The van der Waals surface area contributed by atoms with E-state index >= 15 is 0 Å². The Kier molecular flexibility index (Phi) is 4.45. The number of nitrogens with one attached hydrogen (secondary N) is 1. The van der Waals surface area contributed by atoms with Crippen LogP contribution in [0.4, 0.5) is 4.79 Å². The van der Waals surface area contributed by atoms with Gasteiger partial charge in [0.25, 0.3) is 0 Å². The van der Waals surface area contributed by atoms with E-state index in [0.717, 1.165) is 22.3 Å². The van der Waals surface area contributed by atoms with Crippen LogP contribution < -0.4 is 5.32 Å². The number of ether oxygens (including phenoxy) is 1. The first-order chi connectivity index (χ1) is 11.4. The van der Waals surface area contributed by atoms with E-state index in [2.05, 4.69) is 5.32 Å². The van der Waals surface area contributed by atoms with Gasteiger partial charge in [-0.2, -0.15) is 0 Å². The SMILES string of the molecule is CC(NC(=O)OCC1c2ccccc2-c2ccccc21)P(=O)(O)O. The van der Waals surface area contributed by atoms with Gasteiger partial charge >= 0.3 is 13.7 Å². The van der Waals surface area contributed by atoms with Crippen LogP contribution in [0.3, 0.4) is 0 Å². The first-order valence-electron chi connectivity index (χ1n) is 7.54. The number of hydrogen-bond donors (Lipinski definition) is 3. The Labute approximate surface area is 139 Å². The topological polar surface area (TPSA) is 95.9 Å². The first kappa shape index (κ1) is 16.7. The van der Waals surface area contributed by atoms with Crippen LogP contribution in [0.5, 0.6) is 0 Å². The van der Waals surface area contributed by atoms with E-state index in [9.17, 15) is 9.36 Å². The average molecular weight is 347 g/mol. The second-order valence-electron chi connectivity index (χ2n) is 5.73. The Morgan fingerprint density at radius 3 is 2.12 bits per heavy atom. The fourth-order valence-corrected chi connectivity index (χ4v) is 3.17. The van der Waals surface area contributed by atoms with E-state index in [1.807, 2.05) is 48.5 Å². The molecule has 1 amide bonds. The van der Waals surface area contributed by atoms with Crippen molar-refractivity contribution in [3.8, 4) is 11.1 Å². The van der Waals surface area contributed by atoms with Gasteiger partial charge < -0.3 is 19.8 Å². The van der Waals surface area contributed by atoms with Crippen molar-refractivity contribution in [2.45, 2.75) is 18.6 Å². The van der Waals surface area contributed by atoms with E-state index in [1.165, 1.54) is 6.92 Å². The van der Waals surface area contributed by atoms with Crippen LogP contribution in [-0.2, 0) is 9.30 Å². The van der Waals surface area contributed by atoms with E-state index in [0.29, 0.717) is 0 Å². The molecule has 2 aromatic carbocycles. The van der Waals surface area contributed by atoms with Crippen LogP contribution in [0.2, 0.25) is 0 Å². The molecule has 0 saturated heterocycles. The number of hydrogen-bond acceptors (Lipinski definition) is 3. The van der Waals surface area contributed by atoms with Crippen LogP contribution in [-0.4, -0.2) is 28.3 Å². The van der Waals surface area contributed by atoms with Crippen molar-refractivity contribution in [2.24, 2.45) is 0 Å². The predicted octanol–water partition coefficient (Wildman–Crippen LogP) is 3.05. The zero-order chi connectivity index (χ0) is 17.3. The van der Waals surface area contributed by atoms with Gasteiger partial charge in [-0.25, -0.2) is 4.79 Å². The van der Waals surface area contributed by atoms with E-state index in [-0.39, 0.29) is 12.5 Å². The predicted molar refractivity (Wildman–Crippen MR) is 89.7 cm³/mol. The molecule has 0 fully saturated rings. The molecule has 1 atom stereocenters. The third kappa shape index (κ3) is 3.22. The van der Waals surface area contributed by atoms with Gasteiger partial charge in [0.05, 0.1) is 0 Å². The summed E-state index contributed by atoms with van der Waals surface area (Å²) in [5.74, 6) is -1.37. The van der Waals surface area contributed by atoms with Crippen molar-refractivity contribution in [3.63, 3.8) is 0 Å². The zero-order valence-corrected chi connectivity index (χ0v) is 13.9. The highest BCUT2D eigenvalue weighted by Gasteiger charge is 2.30. The monoisotopic (exact) mass is 347 g/mol. The van der Waals surface area contributed by atoms with Gasteiger partial charge in [-0.05, 0) is 29.2 Å².